The molecular weight excluding hydrogens is 188 g/mol. The van der Waals surface area contributed by atoms with E-state index in [9.17, 15) is 4.79 Å². The summed E-state index contributed by atoms with van der Waals surface area (Å²) in [6, 6.07) is 0. The summed E-state index contributed by atoms with van der Waals surface area (Å²) in [5, 5.41) is 0. The quantitative estimate of drug-likeness (QED) is 0.506. The Kier molecular flexibility index (Phi) is 2.42. The lowest BCUT2D eigenvalue weighted by molar-refractivity contribution is -0.134. The van der Waals surface area contributed by atoms with Gasteiger partial charge in [-0.3, -0.25) is 0 Å². The van der Waals surface area contributed by atoms with E-state index in [2.05, 4.69) is 12.7 Å². The highest BCUT2D eigenvalue weighted by atomic mass is 16.5. The zero-order chi connectivity index (χ0) is 10.7. The molecule has 15 heavy (non-hydrogen) atoms. The van der Waals surface area contributed by atoms with E-state index >= 15 is 0 Å². The van der Waals surface area contributed by atoms with Crippen LogP contribution in [0.15, 0.2) is 60.9 Å². The molecule has 2 rings (SSSR count). The summed E-state index contributed by atoms with van der Waals surface area (Å²) in [6.45, 7) is 3.38. The van der Waals surface area contributed by atoms with Crippen LogP contribution in [0.5, 0.6) is 0 Å². The Hall–Kier alpha value is -1.83. The number of hydrogen-bond donors (Lipinski definition) is 0. The average Bonchev–Trinajstić information content (AvgIpc) is 2.63. The summed E-state index contributed by atoms with van der Waals surface area (Å²) in [6.07, 6.45) is 15.8. The highest BCUT2D eigenvalue weighted by Gasteiger charge is 2.33. The second-order valence-corrected chi connectivity index (χ2v) is 3.55. The van der Waals surface area contributed by atoms with Crippen LogP contribution in [0.25, 0.3) is 0 Å². The van der Waals surface area contributed by atoms with E-state index in [1.165, 1.54) is 6.08 Å². The second kappa shape index (κ2) is 3.73. The Morgan fingerprint density at radius 1 is 1.40 bits per heavy atom. The molecule has 0 radical (unpaired) electrons. The molecule has 0 saturated heterocycles. The smallest absolute Gasteiger partial charge is 0.335 e. The molecule has 0 amide bonds. The van der Waals surface area contributed by atoms with E-state index in [1.807, 2.05) is 36.5 Å². The fraction of sp³-hybridized carbons (Fsp3) is 0.154. The van der Waals surface area contributed by atoms with Crippen molar-refractivity contribution < 1.29 is 9.53 Å². The molecule has 2 aliphatic rings. The highest BCUT2D eigenvalue weighted by Crippen LogP contribution is 2.41. The fourth-order valence-corrected chi connectivity index (χ4v) is 1.77. The van der Waals surface area contributed by atoms with Crippen LogP contribution in [0.1, 0.15) is 6.42 Å². The van der Waals surface area contributed by atoms with Crippen molar-refractivity contribution in [2.75, 3.05) is 0 Å². The van der Waals surface area contributed by atoms with Crippen LogP contribution in [0, 0.1) is 5.41 Å². The Morgan fingerprint density at radius 2 is 2.20 bits per heavy atom. The maximum absolute atomic E-state index is 11.1. The Balaban J connectivity index is 2.20. The van der Waals surface area contributed by atoms with Gasteiger partial charge in [0, 0.05) is 6.08 Å². The Bertz CT molecular complexity index is 410. The average molecular weight is 200 g/mol. The maximum Gasteiger partial charge on any atom is 0.335 e. The van der Waals surface area contributed by atoms with Gasteiger partial charge >= 0.3 is 5.97 Å². The van der Waals surface area contributed by atoms with E-state index in [4.69, 9.17) is 4.74 Å². The summed E-state index contributed by atoms with van der Waals surface area (Å²) in [5.41, 5.74) is -0.257. The van der Waals surface area contributed by atoms with Gasteiger partial charge in [0.05, 0.1) is 5.41 Å². The number of rotatable bonds is 2. The third-order valence-corrected chi connectivity index (χ3v) is 2.57. The van der Waals surface area contributed by atoms with E-state index in [-0.39, 0.29) is 5.41 Å². The number of carbonyl (C=O) groups excluding carboxylic acids is 1. The van der Waals surface area contributed by atoms with Gasteiger partial charge in [-0.05, 0) is 12.5 Å². The van der Waals surface area contributed by atoms with Crippen LogP contribution in [-0.4, -0.2) is 5.97 Å². The van der Waals surface area contributed by atoms with Gasteiger partial charge in [-0.15, -0.1) is 0 Å². The van der Waals surface area contributed by atoms with Crippen molar-refractivity contribution in [3.05, 3.63) is 60.9 Å². The minimum atomic E-state index is -0.410. The van der Waals surface area contributed by atoms with Gasteiger partial charge in [-0.25, -0.2) is 4.79 Å². The van der Waals surface area contributed by atoms with Gasteiger partial charge in [-0.2, -0.15) is 0 Å². The van der Waals surface area contributed by atoms with E-state index in [0.717, 1.165) is 6.42 Å². The monoisotopic (exact) mass is 200 g/mol. The number of esters is 1. The van der Waals surface area contributed by atoms with Gasteiger partial charge in [0.15, 0.2) is 0 Å². The molecule has 0 bridgehead atoms. The standard InChI is InChI=1S/C13H12O2/c1-2-12(14)15-11-7-6-10-13(11)8-4-3-5-9-13/h2-8,10H,1,9H2. The zero-order valence-electron chi connectivity index (χ0n) is 8.35. The lowest BCUT2D eigenvalue weighted by Crippen LogP contribution is -2.20. The molecule has 2 heteroatoms. The number of allylic oxidation sites excluding steroid dienone is 6. The topological polar surface area (TPSA) is 26.3 Å². The number of hydrogen-bond acceptors (Lipinski definition) is 2. The molecule has 2 aliphatic carbocycles. The minimum Gasteiger partial charge on any atom is -0.427 e. The van der Waals surface area contributed by atoms with Crippen molar-refractivity contribution in [2.24, 2.45) is 5.41 Å². The normalized spacial score (nSPS) is 26.8. The summed E-state index contributed by atoms with van der Waals surface area (Å²) < 4.78 is 5.21. The molecule has 76 valence electrons. The first-order chi connectivity index (χ1) is 7.27. The van der Waals surface area contributed by atoms with Gasteiger partial charge in [0.25, 0.3) is 0 Å². The van der Waals surface area contributed by atoms with E-state index in [1.54, 1.807) is 0 Å². The van der Waals surface area contributed by atoms with Crippen LogP contribution in [0.2, 0.25) is 0 Å². The van der Waals surface area contributed by atoms with Crippen molar-refractivity contribution in [1.29, 1.82) is 0 Å². The third kappa shape index (κ3) is 1.71. The molecule has 0 aliphatic heterocycles. The number of carbonyl (C=O) groups is 1. The third-order valence-electron chi connectivity index (χ3n) is 2.57. The van der Waals surface area contributed by atoms with Crippen LogP contribution in [0.3, 0.4) is 0 Å². The molecule has 1 spiro atoms. The Morgan fingerprint density at radius 3 is 2.87 bits per heavy atom. The first-order valence-corrected chi connectivity index (χ1v) is 4.85. The first-order valence-electron chi connectivity index (χ1n) is 4.85. The predicted octanol–water partition coefficient (Wildman–Crippen LogP) is 2.67. The molecule has 0 aromatic rings. The molecule has 0 saturated carbocycles. The van der Waals surface area contributed by atoms with Crippen LogP contribution in [0.4, 0.5) is 0 Å². The van der Waals surface area contributed by atoms with Crippen molar-refractivity contribution in [3.8, 4) is 0 Å². The number of ether oxygens (including phenoxy) is 1. The van der Waals surface area contributed by atoms with Crippen LogP contribution in [-0.2, 0) is 9.53 Å². The molecule has 0 aromatic heterocycles. The predicted molar refractivity (Wildman–Crippen MR) is 58.8 cm³/mol. The summed E-state index contributed by atoms with van der Waals surface area (Å²) in [5.74, 6) is 0.264. The SMILES string of the molecule is C=CC(=O)OC1=CC=CC12C=CC=CC2. The largest absolute Gasteiger partial charge is 0.427 e. The van der Waals surface area contributed by atoms with Crippen molar-refractivity contribution in [1.82, 2.24) is 0 Å². The van der Waals surface area contributed by atoms with Gasteiger partial charge in [-0.1, -0.05) is 43.0 Å². The molecule has 1 atom stereocenters. The molecule has 1 unspecified atom stereocenters. The van der Waals surface area contributed by atoms with Gasteiger partial charge in [0.1, 0.15) is 5.76 Å². The molecular formula is C13H12O2. The molecule has 0 heterocycles. The summed E-state index contributed by atoms with van der Waals surface area (Å²) in [7, 11) is 0. The minimum absolute atomic E-state index is 0.257. The molecule has 0 fully saturated rings. The first kappa shape index (κ1) is 9.71. The van der Waals surface area contributed by atoms with Crippen LogP contribution >= 0.6 is 0 Å². The Labute approximate surface area is 88.9 Å². The van der Waals surface area contributed by atoms with E-state index in [0.29, 0.717) is 5.76 Å². The lowest BCUT2D eigenvalue weighted by atomic mass is 9.82. The molecule has 0 aromatic carbocycles. The second-order valence-electron chi connectivity index (χ2n) is 3.55. The van der Waals surface area contributed by atoms with E-state index < -0.39 is 5.97 Å². The fourth-order valence-electron chi connectivity index (χ4n) is 1.77. The van der Waals surface area contributed by atoms with Crippen molar-refractivity contribution in [3.63, 3.8) is 0 Å². The summed E-state index contributed by atoms with van der Waals surface area (Å²) in [4.78, 5) is 11.1. The maximum atomic E-state index is 11.1. The molecule has 0 N–H and O–H groups in total. The lowest BCUT2D eigenvalue weighted by Gasteiger charge is -2.26. The van der Waals surface area contributed by atoms with Crippen molar-refractivity contribution in [2.45, 2.75) is 6.42 Å². The van der Waals surface area contributed by atoms with Gasteiger partial charge < -0.3 is 4.74 Å². The van der Waals surface area contributed by atoms with Crippen LogP contribution < -0.4 is 0 Å². The van der Waals surface area contributed by atoms with Crippen molar-refractivity contribution >= 4 is 5.97 Å². The molecule has 2 nitrogen and oxygen atoms in total. The van der Waals surface area contributed by atoms with Gasteiger partial charge in [0.2, 0.25) is 0 Å². The highest BCUT2D eigenvalue weighted by molar-refractivity contribution is 5.82. The summed E-state index contributed by atoms with van der Waals surface area (Å²) >= 11 is 0. The zero-order valence-corrected chi connectivity index (χ0v) is 8.35.